The molecule has 2 aromatic carbocycles. The van der Waals surface area contributed by atoms with Crippen LogP contribution in [0.3, 0.4) is 0 Å². The SMILES string of the molecule is CC1=CC(c2ccccc2)=CC(C)C1N1C2=C(C=CCC2)N2CC3=C(C4C=c5ccccc5=CC4S3)C21. The van der Waals surface area contributed by atoms with Gasteiger partial charge in [0.25, 0.3) is 0 Å². The van der Waals surface area contributed by atoms with E-state index in [0.29, 0.717) is 29.3 Å². The molecule has 6 aliphatic rings. The summed E-state index contributed by atoms with van der Waals surface area (Å²) < 4.78 is 0. The van der Waals surface area contributed by atoms with E-state index in [4.69, 9.17) is 0 Å². The first-order chi connectivity index (χ1) is 18.2. The molecule has 5 unspecified atom stereocenters. The van der Waals surface area contributed by atoms with Crippen molar-refractivity contribution in [2.75, 3.05) is 6.54 Å². The highest BCUT2D eigenvalue weighted by molar-refractivity contribution is 8.04. The fourth-order valence-electron chi connectivity index (χ4n) is 7.63. The number of hydrogen-bond donors (Lipinski definition) is 0. The number of fused-ring (bicyclic) bond motifs is 6. The monoisotopic (exact) mass is 500 g/mol. The fraction of sp³-hybridized carbons (Fsp3) is 0.294. The zero-order valence-corrected chi connectivity index (χ0v) is 22.3. The van der Waals surface area contributed by atoms with E-state index in [0.717, 1.165) is 19.4 Å². The van der Waals surface area contributed by atoms with Crippen LogP contribution in [0.2, 0.25) is 0 Å². The van der Waals surface area contributed by atoms with Gasteiger partial charge in [0, 0.05) is 21.8 Å². The van der Waals surface area contributed by atoms with Crippen molar-refractivity contribution in [3.05, 3.63) is 122 Å². The average molecular weight is 501 g/mol. The fourth-order valence-corrected chi connectivity index (χ4v) is 9.13. The Labute approximate surface area is 223 Å². The Bertz CT molecular complexity index is 1590. The first kappa shape index (κ1) is 21.9. The van der Waals surface area contributed by atoms with E-state index < -0.39 is 0 Å². The van der Waals surface area contributed by atoms with Gasteiger partial charge in [0.1, 0.15) is 6.17 Å². The molecule has 0 saturated heterocycles. The predicted octanol–water partition coefficient (Wildman–Crippen LogP) is 5.81. The molecule has 0 N–H and O–H groups in total. The van der Waals surface area contributed by atoms with Crippen LogP contribution < -0.4 is 10.4 Å². The summed E-state index contributed by atoms with van der Waals surface area (Å²) in [4.78, 5) is 7.19. The molecule has 3 aliphatic carbocycles. The second-order valence-corrected chi connectivity index (χ2v) is 12.6. The van der Waals surface area contributed by atoms with Crippen molar-refractivity contribution < 1.29 is 0 Å². The summed E-state index contributed by atoms with van der Waals surface area (Å²) in [6.07, 6.45) is 17.5. The van der Waals surface area contributed by atoms with Crippen molar-refractivity contribution >= 4 is 29.5 Å². The van der Waals surface area contributed by atoms with Crippen molar-refractivity contribution in [1.29, 1.82) is 0 Å². The molecule has 3 heteroatoms. The van der Waals surface area contributed by atoms with Crippen LogP contribution in [0, 0.1) is 11.8 Å². The maximum absolute atomic E-state index is 2.85. The molecule has 3 heterocycles. The highest BCUT2D eigenvalue weighted by atomic mass is 32.2. The van der Waals surface area contributed by atoms with Gasteiger partial charge >= 0.3 is 0 Å². The topological polar surface area (TPSA) is 6.48 Å². The van der Waals surface area contributed by atoms with E-state index in [9.17, 15) is 0 Å². The van der Waals surface area contributed by atoms with E-state index in [-0.39, 0.29) is 0 Å². The standard InChI is InChI=1S/C34H32N2S/c1-21-16-26(23-10-4-3-5-11-23)17-22(2)33(21)36-29-15-9-8-14-28(29)35-20-31-32(34(35)36)27-18-24-12-6-7-13-25(24)19-30(27)37-31/h3-8,10-14,16-19,21,27,30,33-34H,9,15,20H2,1-2H3. The van der Waals surface area contributed by atoms with Gasteiger partial charge in [-0.25, -0.2) is 0 Å². The molecule has 2 nitrogen and oxygen atoms in total. The largest absolute Gasteiger partial charge is 0.342 e. The molecule has 0 bridgehead atoms. The lowest BCUT2D eigenvalue weighted by atomic mass is 9.82. The van der Waals surface area contributed by atoms with Gasteiger partial charge in [-0.05, 0) is 64.5 Å². The van der Waals surface area contributed by atoms with Crippen LogP contribution in [-0.2, 0) is 0 Å². The van der Waals surface area contributed by atoms with Crippen molar-refractivity contribution in [3.63, 3.8) is 0 Å². The second-order valence-electron chi connectivity index (χ2n) is 11.3. The number of benzene rings is 2. The summed E-state index contributed by atoms with van der Waals surface area (Å²) in [6.45, 7) is 5.86. The van der Waals surface area contributed by atoms with Gasteiger partial charge in [-0.3, -0.25) is 0 Å². The van der Waals surface area contributed by atoms with Gasteiger partial charge in [0.2, 0.25) is 0 Å². The minimum absolute atomic E-state index is 0.336. The zero-order valence-electron chi connectivity index (χ0n) is 21.5. The minimum atomic E-state index is 0.336. The average Bonchev–Trinajstić information content (AvgIpc) is 3.55. The Morgan fingerprint density at radius 1 is 0.919 bits per heavy atom. The van der Waals surface area contributed by atoms with Crippen molar-refractivity contribution in [2.45, 2.75) is 44.1 Å². The molecule has 37 heavy (non-hydrogen) atoms. The van der Waals surface area contributed by atoms with E-state index in [1.54, 1.807) is 16.2 Å². The summed E-state index contributed by atoms with van der Waals surface area (Å²) in [5.41, 5.74) is 8.88. The van der Waals surface area contributed by atoms with Gasteiger partial charge in [0.05, 0.1) is 18.3 Å². The van der Waals surface area contributed by atoms with Crippen LogP contribution in [0.5, 0.6) is 0 Å². The first-order valence-electron chi connectivity index (χ1n) is 13.8. The highest BCUT2D eigenvalue weighted by Crippen LogP contribution is 2.56. The molecule has 0 radical (unpaired) electrons. The van der Waals surface area contributed by atoms with E-state index in [1.165, 1.54) is 32.8 Å². The molecular weight excluding hydrogens is 468 g/mol. The van der Waals surface area contributed by atoms with Gasteiger partial charge in [-0.15, -0.1) is 11.8 Å². The highest BCUT2D eigenvalue weighted by Gasteiger charge is 2.53. The molecular formula is C34H32N2S. The molecule has 8 rings (SSSR count). The van der Waals surface area contributed by atoms with Crippen molar-refractivity contribution in [2.24, 2.45) is 11.8 Å². The van der Waals surface area contributed by atoms with Crippen LogP contribution in [0.1, 0.15) is 32.3 Å². The molecule has 0 aromatic heterocycles. The zero-order chi connectivity index (χ0) is 24.7. The van der Waals surface area contributed by atoms with Crippen LogP contribution in [0.25, 0.3) is 17.7 Å². The Hall–Kier alpha value is -3.17. The molecule has 0 amide bonds. The number of allylic oxidation sites excluding steroid dienone is 5. The van der Waals surface area contributed by atoms with E-state index in [1.807, 2.05) is 0 Å². The number of rotatable bonds is 2. The summed E-state index contributed by atoms with van der Waals surface area (Å²) >= 11 is 2.12. The molecule has 3 aliphatic heterocycles. The Balaban J connectivity index is 1.22. The third kappa shape index (κ3) is 3.19. The van der Waals surface area contributed by atoms with Gasteiger partial charge in [0.15, 0.2) is 0 Å². The molecule has 2 aromatic rings. The summed E-state index contributed by atoms with van der Waals surface area (Å²) in [5.74, 6) is 0.924. The van der Waals surface area contributed by atoms with Crippen LogP contribution in [0.4, 0.5) is 0 Å². The third-order valence-electron chi connectivity index (χ3n) is 9.10. The predicted molar refractivity (Wildman–Crippen MR) is 155 cm³/mol. The lowest BCUT2D eigenvalue weighted by Crippen LogP contribution is -2.49. The maximum atomic E-state index is 2.85. The Morgan fingerprint density at radius 3 is 2.51 bits per heavy atom. The second kappa shape index (κ2) is 8.16. The van der Waals surface area contributed by atoms with Gasteiger partial charge in [-0.1, -0.05) is 91.9 Å². The Morgan fingerprint density at radius 2 is 1.70 bits per heavy atom. The minimum Gasteiger partial charge on any atom is -0.342 e. The molecule has 0 saturated carbocycles. The third-order valence-corrected chi connectivity index (χ3v) is 10.5. The quantitative estimate of drug-likeness (QED) is 0.514. The normalized spacial score (nSPS) is 31.1. The lowest BCUT2D eigenvalue weighted by molar-refractivity contribution is 0.138. The van der Waals surface area contributed by atoms with E-state index in [2.05, 4.69) is 126 Å². The van der Waals surface area contributed by atoms with Crippen LogP contribution >= 0.6 is 11.8 Å². The van der Waals surface area contributed by atoms with Gasteiger partial charge in [-0.2, -0.15) is 0 Å². The first-order valence-corrected chi connectivity index (χ1v) is 14.6. The smallest absolute Gasteiger partial charge is 0.126 e. The summed E-state index contributed by atoms with van der Waals surface area (Å²) in [7, 11) is 0. The number of hydrogen-bond acceptors (Lipinski definition) is 3. The molecule has 5 atom stereocenters. The van der Waals surface area contributed by atoms with Gasteiger partial charge < -0.3 is 9.80 Å². The van der Waals surface area contributed by atoms with Crippen LogP contribution in [-0.4, -0.2) is 33.8 Å². The summed E-state index contributed by atoms with van der Waals surface area (Å²) in [5, 5.41) is 3.33. The number of nitrogens with zero attached hydrogens (tertiary/aromatic N) is 2. The Kier molecular flexibility index (Phi) is 4.83. The lowest BCUT2D eigenvalue weighted by Gasteiger charge is -2.43. The molecule has 184 valence electrons. The number of thioether (sulfide) groups is 1. The van der Waals surface area contributed by atoms with E-state index >= 15 is 0 Å². The summed E-state index contributed by atoms with van der Waals surface area (Å²) in [6, 6.07) is 20.2. The van der Waals surface area contributed by atoms with Crippen molar-refractivity contribution in [3.8, 4) is 0 Å². The van der Waals surface area contributed by atoms with Crippen molar-refractivity contribution in [1.82, 2.24) is 9.80 Å². The maximum Gasteiger partial charge on any atom is 0.126 e. The van der Waals surface area contributed by atoms with Crippen LogP contribution in [0.15, 0.2) is 106 Å². The molecule has 0 fully saturated rings. The molecule has 0 spiro atoms.